The molecule has 3 aromatic heterocycles. The van der Waals surface area contributed by atoms with Crippen molar-refractivity contribution in [3.8, 4) is 0 Å². The highest BCUT2D eigenvalue weighted by Gasteiger charge is 2.26. The lowest BCUT2D eigenvalue weighted by molar-refractivity contribution is -0.385. The Morgan fingerprint density at radius 2 is 1.93 bits per heavy atom. The van der Waals surface area contributed by atoms with E-state index in [1.165, 1.54) is 22.5 Å². The Kier molecular flexibility index (Phi) is 5.62. The first-order valence-corrected chi connectivity index (χ1v) is 8.96. The number of hydrogen-bond acceptors (Lipinski definition) is 7. The van der Waals surface area contributed by atoms with Crippen LogP contribution in [0.25, 0.3) is 0 Å². The molecule has 0 aromatic carbocycles. The summed E-state index contributed by atoms with van der Waals surface area (Å²) in [6.45, 7) is 3.33. The zero-order valence-electron chi connectivity index (χ0n) is 16.9. The summed E-state index contributed by atoms with van der Waals surface area (Å²) in [6, 6.07) is -0.842. The molecule has 0 radical (unpaired) electrons. The van der Waals surface area contributed by atoms with Crippen LogP contribution in [0.15, 0.2) is 24.8 Å². The van der Waals surface area contributed by atoms with Crippen LogP contribution in [0, 0.1) is 17.0 Å². The summed E-state index contributed by atoms with van der Waals surface area (Å²) in [6.07, 6.45) is 5.88. The zero-order valence-corrected chi connectivity index (χ0v) is 16.9. The van der Waals surface area contributed by atoms with E-state index in [0.29, 0.717) is 0 Å². The third-order valence-electron chi connectivity index (χ3n) is 4.58. The summed E-state index contributed by atoms with van der Waals surface area (Å²) < 4.78 is 4.23. The molecule has 30 heavy (non-hydrogen) atoms. The molecular formula is C17H21N9O4. The van der Waals surface area contributed by atoms with E-state index in [4.69, 9.17) is 0 Å². The maximum Gasteiger partial charge on any atom is 0.309 e. The van der Waals surface area contributed by atoms with Crippen molar-refractivity contribution in [2.75, 3.05) is 5.32 Å². The van der Waals surface area contributed by atoms with Gasteiger partial charge < -0.3 is 10.6 Å². The molecule has 158 valence electrons. The fraction of sp³-hybridized carbons (Fsp3) is 0.353. The second-order valence-corrected chi connectivity index (χ2v) is 6.72. The minimum Gasteiger partial charge on any atom is -0.346 e. The Hall–Kier alpha value is -4.03. The van der Waals surface area contributed by atoms with E-state index in [9.17, 15) is 19.7 Å². The molecule has 0 aliphatic rings. The molecule has 0 fully saturated rings. The number of carbonyl (C=O) groups is 2. The molecular weight excluding hydrogens is 394 g/mol. The van der Waals surface area contributed by atoms with E-state index < -0.39 is 22.8 Å². The van der Waals surface area contributed by atoms with Gasteiger partial charge in [0.05, 0.1) is 23.0 Å². The normalized spacial score (nSPS) is 11.9. The topological polar surface area (TPSA) is 155 Å². The van der Waals surface area contributed by atoms with Crippen molar-refractivity contribution < 1.29 is 14.5 Å². The molecule has 3 heterocycles. The van der Waals surface area contributed by atoms with E-state index in [1.807, 2.05) is 0 Å². The second-order valence-electron chi connectivity index (χ2n) is 6.72. The van der Waals surface area contributed by atoms with E-state index in [1.54, 1.807) is 38.1 Å². The molecule has 1 unspecified atom stereocenters. The lowest BCUT2D eigenvalue weighted by Crippen LogP contribution is -2.29. The third-order valence-corrected chi connectivity index (χ3v) is 4.58. The lowest BCUT2D eigenvalue weighted by Gasteiger charge is -2.14. The van der Waals surface area contributed by atoms with Crippen LogP contribution >= 0.6 is 0 Å². The van der Waals surface area contributed by atoms with Gasteiger partial charge in [-0.1, -0.05) is 0 Å². The number of nitrogens with zero attached hydrogens (tertiary/aromatic N) is 7. The van der Waals surface area contributed by atoms with Crippen LogP contribution in [0.4, 0.5) is 11.4 Å². The van der Waals surface area contributed by atoms with Crippen molar-refractivity contribution >= 4 is 23.2 Å². The van der Waals surface area contributed by atoms with E-state index in [0.717, 1.165) is 11.8 Å². The molecule has 0 spiro atoms. The van der Waals surface area contributed by atoms with Crippen molar-refractivity contribution in [1.29, 1.82) is 0 Å². The number of rotatable bonds is 7. The molecule has 2 N–H and O–H groups in total. The molecule has 13 heteroatoms. The minimum atomic E-state index is -0.842. The van der Waals surface area contributed by atoms with Crippen molar-refractivity contribution in [2.45, 2.75) is 26.4 Å². The largest absolute Gasteiger partial charge is 0.346 e. The van der Waals surface area contributed by atoms with Gasteiger partial charge >= 0.3 is 5.69 Å². The fourth-order valence-corrected chi connectivity index (χ4v) is 2.96. The quantitative estimate of drug-likeness (QED) is 0.425. The highest BCUT2D eigenvalue weighted by Crippen LogP contribution is 2.22. The summed E-state index contributed by atoms with van der Waals surface area (Å²) >= 11 is 0. The van der Waals surface area contributed by atoms with Gasteiger partial charge in [-0.15, -0.1) is 0 Å². The number of carbonyl (C=O) groups excluding carboxylic acids is 2. The lowest BCUT2D eigenvalue weighted by atomic mass is 10.2. The van der Waals surface area contributed by atoms with Crippen molar-refractivity contribution in [3.63, 3.8) is 0 Å². The number of nitrogens with one attached hydrogen (secondary N) is 2. The van der Waals surface area contributed by atoms with Gasteiger partial charge in [0.1, 0.15) is 23.6 Å². The molecule has 0 aliphatic heterocycles. The fourth-order valence-electron chi connectivity index (χ4n) is 2.96. The van der Waals surface area contributed by atoms with Gasteiger partial charge in [-0.2, -0.15) is 15.3 Å². The van der Waals surface area contributed by atoms with Gasteiger partial charge in [0, 0.05) is 32.4 Å². The molecule has 1 atom stereocenters. The smallest absolute Gasteiger partial charge is 0.309 e. The predicted octanol–water partition coefficient (Wildman–Crippen LogP) is 0.696. The number of amides is 2. The molecule has 0 aliphatic carbocycles. The average molecular weight is 415 g/mol. The van der Waals surface area contributed by atoms with Gasteiger partial charge in [-0.25, -0.2) is 0 Å². The van der Waals surface area contributed by atoms with E-state index in [2.05, 4.69) is 25.9 Å². The Labute approximate surface area is 170 Å². The molecule has 0 saturated heterocycles. The first-order valence-electron chi connectivity index (χ1n) is 8.96. The standard InChI is InChI=1S/C17H21N9O4/c1-10-14(26(29)30)8-21-25(10)11(2)16(27)22-13-7-20-24(4)15(13)17(28)18-5-12-6-19-23(3)9-12/h6-9,11H,5H2,1-4H3,(H,18,28)(H,22,27). The number of aromatic nitrogens is 6. The summed E-state index contributed by atoms with van der Waals surface area (Å²) in [4.78, 5) is 35.8. The van der Waals surface area contributed by atoms with Gasteiger partial charge in [-0.3, -0.25) is 33.7 Å². The summed E-state index contributed by atoms with van der Waals surface area (Å²) in [5.41, 5.74) is 1.29. The van der Waals surface area contributed by atoms with Crippen LogP contribution in [0.5, 0.6) is 0 Å². The minimum absolute atomic E-state index is 0.169. The Balaban J connectivity index is 1.73. The summed E-state index contributed by atoms with van der Waals surface area (Å²) in [5, 5.41) is 28.4. The molecule has 3 aromatic rings. The number of aryl methyl sites for hydroxylation is 2. The monoisotopic (exact) mass is 415 g/mol. The number of nitro groups is 1. The van der Waals surface area contributed by atoms with Crippen LogP contribution < -0.4 is 10.6 Å². The summed E-state index contributed by atoms with van der Waals surface area (Å²) in [5.74, 6) is -0.918. The Morgan fingerprint density at radius 1 is 1.20 bits per heavy atom. The highest BCUT2D eigenvalue weighted by atomic mass is 16.6. The van der Waals surface area contributed by atoms with Gasteiger partial charge in [0.2, 0.25) is 5.91 Å². The van der Waals surface area contributed by atoms with Crippen LogP contribution in [0.3, 0.4) is 0 Å². The first kappa shape index (κ1) is 20.7. The van der Waals surface area contributed by atoms with Crippen LogP contribution in [0.2, 0.25) is 0 Å². The SMILES string of the molecule is Cc1c([N+](=O)[O-])cnn1C(C)C(=O)Nc1cnn(C)c1C(=O)NCc1cnn(C)c1. The third kappa shape index (κ3) is 4.04. The second kappa shape index (κ2) is 8.14. The molecule has 13 nitrogen and oxygen atoms in total. The van der Waals surface area contributed by atoms with Gasteiger partial charge in [0.15, 0.2) is 0 Å². The molecule has 3 rings (SSSR count). The maximum atomic E-state index is 12.7. The number of anilines is 1. The van der Waals surface area contributed by atoms with Crippen LogP contribution in [-0.2, 0) is 25.4 Å². The van der Waals surface area contributed by atoms with Crippen molar-refractivity contribution in [2.24, 2.45) is 14.1 Å². The van der Waals surface area contributed by atoms with Gasteiger partial charge in [-0.05, 0) is 13.8 Å². The van der Waals surface area contributed by atoms with E-state index in [-0.39, 0.29) is 29.3 Å². The zero-order chi connectivity index (χ0) is 22.0. The Morgan fingerprint density at radius 3 is 2.53 bits per heavy atom. The van der Waals surface area contributed by atoms with E-state index >= 15 is 0 Å². The molecule has 2 amide bonds. The Bertz CT molecular complexity index is 1110. The molecule has 0 bridgehead atoms. The van der Waals surface area contributed by atoms with Gasteiger partial charge in [0.25, 0.3) is 5.91 Å². The summed E-state index contributed by atoms with van der Waals surface area (Å²) in [7, 11) is 3.36. The first-order chi connectivity index (χ1) is 14.2. The molecule has 0 saturated carbocycles. The maximum absolute atomic E-state index is 12.7. The van der Waals surface area contributed by atoms with Crippen molar-refractivity contribution in [1.82, 2.24) is 34.7 Å². The highest BCUT2D eigenvalue weighted by molar-refractivity contribution is 6.03. The number of hydrogen-bond donors (Lipinski definition) is 2. The predicted molar refractivity (Wildman–Crippen MR) is 105 cm³/mol. The van der Waals surface area contributed by atoms with Crippen molar-refractivity contribution in [3.05, 3.63) is 51.9 Å². The van der Waals surface area contributed by atoms with Crippen LogP contribution in [-0.4, -0.2) is 46.1 Å². The average Bonchev–Trinajstić information content (AvgIpc) is 3.38. The van der Waals surface area contributed by atoms with Crippen LogP contribution in [0.1, 0.15) is 34.7 Å².